The molecule has 0 unspecified atom stereocenters. The lowest BCUT2D eigenvalue weighted by molar-refractivity contribution is 0.0695. The zero-order valence-corrected chi connectivity index (χ0v) is 15.9. The van der Waals surface area contributed by atoms with Gasteiger partial charge in [-0.3, -0.25) is 0 Å². The lowest BCUT2D eigenvalue weighted by Crippen LogP contribution is -2.23. The average molecular weight is 404 g/mol. The van der Waals surface area contributed by atoms with E-state index in [0.717, 1.165) is 0 Å². The minimum Gasteiger partial charge on any atom is -0.491 e. The van der Waals surface area contributed by atoms with Crippen LogP contribution in [-0.2, 0) is 6.54 Å². The molecule has 1 aromatic heterocycles. The van der Waals surface area contributed by atoms with Crippen molar-refractivity contribution in [2.75, 3.05) is 6.61 Å². The van der Waals surface area contributed by atoms with Crippen molar-refractivity contribution in [3.63, 3.8) is 0 Å². The third-order valence-corrected chi connectivity index (χ3v) is 4.68. The average Bonchev–Trinajstić information content (AvgIpc) is 2.98. The van der Waals surface area contributed by atoms with Crippen LogP contribution in [0.1, 0.15) is 15.9 Å². The molecule has 0 aliphatic heterocycles. The number of carboxylic acid groups (broad SMARTS) is 1. The first-order chi connectivity index (χ1) is 13.4. The second kappa shape index (κ2) is 8.46. The zero-order valence-electron chi connectivity index (χ0n) is 15.1. The standard InChI is InChI=1S/C21H19ClFNO4/c1-13-18(21(26)27)11-24(20(13)17-4-2-3-5-19(17)22)10-15(25)12-28-16-8-6-14(23)7-9-16/h2-9,11,15,25H,10,12H2,1H3,(H,26,27)/t15-/m0/s1. The van der Waals surface area contributed by atoms with Crippen molar-refractivity contribution < 1.29 is 24.1 Å². The van der Waals surface area contributed by atoms with E-state index in [4.69, 9.17) is 16.3 Å². The molecule has 0 fully saturated rings. The Labute approximate surface area is 166 Å². The number of rotatable bonds is 7. The topological polar surface area (TPSA) is 71.7 Å². The summed E-state index contributed by atoms with van der Waals surface area (Å²) < 4.78 is 20.1. The van der Waals surface area contributed by atoms with E-state index in [1.165, 1.54) is 30.5 Å². The summed E-state index contributed by atoms with van der Waals surface area (Å²) >= 11 is 6.30. The molecule has 1 heterocycles. The quantitative estimate of drug-likeness (QED) is 0.613. The van der Waals surface area contributed by atoms with E-state index < -0.39 is 12.1 Å². The molecule has 2 N–H and O–H groups in total. The van der Waals surface area contributed by atoms with Gasteiger partial charge in [-0.2, -0.15) is 0 Å². The van der Waals surface area contributed by atoms with Crippen LogP contribution in [0.2, 0.25) is 5.02 Å². The molecule has 2 aromatic carbocycles. The molecule has 0 spiro atoms. The lowest BCUT2D eigenvalue weighted by atomic mass is 10.1. The predicted molar refractivity (Wildman–Crippen MR) is 104 cm³/mol. The molecule has 0 saturated carbocycles. The highest BCUT2D eigenvalue weighted by Gasteiger charge is 2.21. The molecule has 5 nitrogen and oxygen atoms in total. The highest BCUT2D eigenvalue weighted by atomic mass is 35.5. The number of aliphatic hydroxyl groups is 1. The fourth-order valence-corrected chi connectivity index (χ4v) is 3.26. The van der Waals surface area contributed by atoms with Gasteiger partial charge in [-0.15, -0.1) is 0 Å². The third kappa shape index (κ3) is 4.35. The molecule has 0 saturated heterocycles. The summed E-state index contributed by atoms with van der Waals surface area (Å²) in [6, 6.07) is 12.6. The summed E-state index contributed by atoms with van der Waals surface area (Å²) in [5, 5.41) is 20.3. The molecule has 0 radical (unpaired) electrons. The summed E-state index contributed by atoms with van der Waals surface area (Å²) in [7, 11) is 0. The normalized spacial score (nSPS) is 12.0. The fraction of sp³-hybridized carbons (Fsp3) is 0.190. The van der Waals surface area contributed by atoms with Gasteiger partial charge in [-0.05, 0) is 42.8 Å². The van der Waals surface area contributed by atoms with Crippen LogP contribution in [0.15, 0.2) is 54.7 Å². The SMILES string of the molecule is Cc1c(C(=O)O)cn(C[C@H](O)COc2ccc(F)cc2)c1-c1ccccc1Cl. The Morgan fingerprint density at radius 3 is 2.54 bits per heavy atom. The first kappa shape index (κ1) is 19.9. The van der Waals surface area contributed by atoms with Gasteiger partial charge in [-0.25, -0.2) is 9.18 Å². The van der Waals surface area contributed by atoms with Crippen LogP contribution in [0.25, 0.3) is 11.3 Å². The molecule has 3 aromatic rings. The van der Waals surface area contributed by atoms with Gasteiger partial charge in [0.15, 0.2) is 0 Å². The molecule has 0 amide bonds. The van der Waals surface area contributed by atoms with E-state index >= 15 is 0 Å². The first-order valence-electron chi connectivity index (χ1n) is 8.61. The van der Waals surface area contributed by atoms with Crippen LogP contribution < -0.4 is 4.74 Å². The second-order valence-electron chi connectivity index (χ2n) is 6.37. The number of hydrogen-bond acceptors (Lipinski definition) is 3. The number of carboxylic acids is 1. The van der Waals surface area contributed by atoms with Crippen molar-refractivity contribution in [3.8, 4) is 17.0 Å². The summed E-state index contributed by atoms with van der Waals surface area (Å²) in [6.45, 7) is 1.78. The van der Waals surface area contributed by atoms with Gasteiger partial charge in [-0.1, -0.05) is 29.8 Å². The minimum absolute atomic E-state index is 0.0345. The van der Waals surface area contributed by atoms with Crippen LogP contribution >= 0.6 is 11.6 Å². The van der Waals surface area contributed by atoms with Gasteiger partial charge in [0.2, 0.25) is 0 Å². The molecule has 1 atom stereocenters. The fourth-order valence-electron chi connectivity index (χ4n) is 3.03. The van der Waals surface area contributed by atoms with Gasteiger partial charge >= 0.3 is 5.97 Å². The Morgan fingerprint density at radius 1 is 1.21 bits per heavy atom. The molecular formula is C21H19ClFNO4. The van der Waals surface area contributed by atoms with Crippen LogP contribution in [-0.4, -0.2) is 33.5 Å². The predicted octanol–water partition coefficient (Wildman–Crippen LogP) is 4.39. The minimum atomic E-state index is -1.05. The second-order valence-corrected chi connectivity index (χ2v) is 6.78. The summed E-state index contributed by atoms with van der Waals surface area (Å²) in [5.41, 5.74) is 2.01. The monoisotopic (exact) mass is 403 g/mol. The largest absolute Gasteiger partial charge is 0.491 e. The van der Waals surface area contributed by atoms with Crippen LogP contribution in [0.3, 0.4) is 0 Å². The smallest absolute Gasteiger partial charge is 0.337 e. The Morgan fingerprint density at radius 2 is 1.89 bits per heavy atom. The Kier molecular flexibility index (Phi) is 6.02. The summed E-state index contributed by atoms with van der Waals surface area (Å²) in [6.07, 6.45) is 0.567. The number of carbonyl (C=O) groups is 1. The molecule has 0 aliphatic carbocycles. The third-order valence-electron chi connectivity index (χ3n) is 4.35. The number of halogens is 2. The molecule has 0 bridgehead atoms. The number of aliphatic hydroxyl groups excluding tert-OH is 1. The first-order valence-corrected chi connectivity index (χ1v) is 8.99. The maximum Gasteiger partial charge on any atom is 0.337 e. The molecule has 0 aliphatic rings. The van der Waals surface area contributed by atoms with E-state index in [-0.39, 0.29) is 24.5 Å². The van der Waals surface area contributed by atoms with Gasteiger partial charge in [0, 0.05) is 16.8 Å². The van der Waals surface area contributed by atoms with Crippen LogP contribution in [0.4, 0.5) is 4.39 Å². The molecular weight excluding hydrogens is 385 g/mol. The Hall–Kier alpha value is -2.83. The van der Waals surface area contributed by atoms with Gasteiger partial charge in [0.1, 0.15) is 24.3 Å². The van der Waals surface area contributed by atoms with Crippen molar-refractivity contribution in [2.45, 2.75) is 19.6 Å². The van der Waals surface area contributed by atoms with Gasteiger partial charge in [0.05, 0.1) is 17.8 Å². The van der Waals surface area contributed by atoms with Crippen molar-refractivity contribution in [1.82, 2.24) is 4.57 Å². The highest BCUT2D eigenvalue weighted by Crippen LogP contribution is 2.33. The van der Waals surface area contributed by atoms with E-state index in [2.05, 4.69) is 0 Å². The maximum absolute atomic E-state index is 12.9. The number of aromatic carboxylic acids is 1. The molecule has 7 heteroatoms. The summed E-state index contributed by atoms with van der Waals surface area (Å²) in [5.74, 6) is -0.996. The Balaban J connectivity index is 1.84. The molecule has 28 heavy (non-hydrogen) atoms. The van der Waals surface area contributed by atoms with Crippen LogP contribution in [0, 0.1) is 12.7 Å². The summed E-state index contributed by atoms with van der Waals surface area (Å²) in [4.78, 5) is 11.6. The van der Waals surface area contributed by atoms with Crippen molar-refractivity contribution in [1.29, 1.82) is 0 Å². The van der Waals surface area contributed by atoms with E-state index in [0.29, 0.717) is 27.6 Å². The number of aromatic nitrogens is 1. The number of nitrogens with zero attached hydrogens (tertiary/aromatic N) is 1. The number of hydrogen-bond donors (Lipinski definition) is 2. The van der Waals surface area contributed by atoms with Crippen molar-refractivity contribution >= 4 is 17.6 Å². The van der Waals surface area contributed by atoms with Gasteiger partial charge < -0.3 is 19.5 Å². The Bertz CT molecular complexity index is 985. The van der Waals surface area contributed by atoms with E-state index in [9.17, 15) is 19.4 Å². The number of ether oxygens (including phenoxy) is 1. The number of benzene rings is 2. The maximum atomic E-state index is 12.9. The molecule has 146 valence electrons. The lowest BCUT2D eigenvalue weighted by Gasteiger charge is -2.17. The highest BCUT2D eigenvalue weighted by molar-refractivity contribution is 6.33. The van der Waals surface area contributed by atoms with Crippen molar-refractivity contribution in [3.05, 3.63) is 76.7 Å². The molecule has 3 rings (SSSR count). The van der Waals surface area contributed by atoms with E-state index in [1.807, 2.05) is 6.07 Å². The van der Waals surface area contributed by atoms with Crippen LogP contribution in [0.5, 0.6) is 5.75 Å². The zero-order chi connectivity index (χ0) is 20.3. The van der Waals surface area contributed by atoms with Crippen molar-refractivity contribution in [2.24, 2.45) is 0 Å². The van der Waals surface area contributed by atoms with Gasteiger partial charge in [0.25, 0.3) is 0 Å². The van der Waals surface area contributed by atoms with E-state index in [1.54, 1.807) is 29.7 Å².